The van der Waals surface area contributed by atoms with Gasteiger partial charge in [-0.2, -0.15) is 0 Å². The molecule has 1 amide bonds. The first kappa shape index (κ1) is 19.5. The Hall–Kier alpha value is -1.81. The Bertz CT molecular complexity index is 854. The molecule has 2 rings (SSSR count). The summed E-state index contributed by atoms with van der Waals surface area (Å²) in [6.07, 6.45) is 0. The summed E-state index contributed by atoms with van der Waals surface area (Å²) in [5, 5.41) is 2.74. The van der Waals surface area contributed by atoms with Gasteiger partial charge >= 0.3 is 0 Å². The van der Waals surface area contributed by atoms with Crippen molar-refractivity contribution < 1.29 is 13.2 Å². The van der Waals surface area contributed by atoms with Crippen molar-refractivity contribution in [2.24, 2.45) is 5.73 Å². The molecule has 0 radical (unpaired) electrons. The van der Waals surface area contributed by atoms with E-state index in [1.165, 1.54) is 23.5 Å². The van der Waals surface area contributed by atoms with Crippen molar-refractivity contribution in [3.05, 3.63) is 40.3 Å². The van der Waals surface area contributed by atoms with Gasteiger partial charge in [0.2, 0.25) is 10.0 Å². The van der Waals surface area contributed by atoms with Gasteiger partial charge in [0.1, 0.15) is 4.88 Å². The second-order valence-electron chi connectivity index (χ2n) is 6.45. The lowest BCUT2D eigenvalue weighted by molar-refractivity contribution is 0.102. The Morgan fingerprint density at radius 1 is 1.32 bits per heavy atom. The Kier molecular flexibility index (Phi) is 5.94. The van der Waals surface area contributed by atoms with Gasteiger partial charge in [0.25, 0.3) is 5.91 Å². The standard InChI is InChI=1S/C16H22N4O3S2/c1-16(2,3)14-13(24-10-18-14)15(21)20-11-5-4-6-12(9-11)25(22,23)19-8-7-17/h4-6,9-10,19H,7-8,17H2,1-3H3,(H,20,21). The van der Waals surface area contributed by atoms with Crippen LogP contribution >= 0.6 is 11.3 Å². The highest BCUT2D eigenvalue weighted by Crippen LogP contribution is 2.28. The zero-order chi connectivity index (χ0) is 18.7. The van der Waals surface area contributed by atoms with Crippen molar-refractivity contribution in [2.75, 3.05) is 18.4 Å². The lowest BCUT2D eigenvalue weighted by Crippen LogP contribution is -2.29. The summed E-state index contributed by atoms with van der Waals surface area (Å²) in [5.74, 6) is -0.308. The Morgan fingerprint density at radius 2 is 2.04 bits per heavy atom. The highest BCUT2D eigenvalue weighted by atomic mass is 32.2. The average Bonchev–Trinajstić information content (AvgIpc) is 3.03. The zero-order valence-corrected chi connectivity index (χ0v) is 16.0. The largest absolute Gasteiger partial charge is 0.329 e. The maximum absolute atomic E-state index is 12.6. The summed E-state index contributed by atoms with van der Waals surface area (Å²) in [4.78, 5) is 17.4. The van der Waals surface area contributed by atoms with Gasteiger partial charge in [-0.15, -0.1) is 11.3 Å². The van der Waals surface area contributed by atoms with E-state index in [2.05, 4.69) is 15.0 Å². The number of carbonyl (C=O) groups excluding carboxylic acids is 1. The Balaban J connectivity index is 2.23. The van der Waals surface area contributed by atoms with E-state index < -0.39 is 10.0 Å². The first-order chi connectivity index (χ1) is 11.6. The molecule has 1 heterocycles. The molecule has 0 atom stereocenters. The highest BCUT2D eigenvalue weighted by Gasteiger charge is 2.25. The summed E-state index contributed by atoms with van der Waals surface area (Å²) in [7, 11) is -3.66. The number of nitrogens with two attached hydrogens (primary N) is 1. The van der Waals surface area contributed by atoms with Gasteiger partial charge in [-0.3, -0.25) is 4.79 Å². The molecule has 0 saturated heterocycles. The topological polar surface area (TPSA) is 114 Å². The van der Waals surface area contributed by atoms with Gasteiger partial charge < -0.3 is 11.1 Å². The van der Waals surface area contributed by atoms with Crippen LogP contribution in [0.25, 0.3) is 0 Å². The number of thiazole rings is 1. The zero-order valence-electron chi connectivity index (χ0n) is 14.4. The predicted molar refractivity (Wildman–Crippen MR) is 99.5 cm³/mol. The average molecular weight is 383 g/mol. The first-order valence-corrected chi connectivity index (χ1v) is 10.1. The number of amides is 1. The van der Waals surface area contributed by atoms with E-state index >= 15 is 0 Å². The minimum absolute atomic E-state index is 0.0686. The first-order valence-electron chi connectivity index (χ1n) is 7.70. The number of hydrogen-bond donors (Lipinski definition) is 3. The maximum atomic E-state index is 12.6. The molecule has 136 valence electrons. The molecule has 2 aromatic rings. The summed E-state index contributed by atoms with van der Waals surface area (Å²) < 4.78 is 26.7. The Labute approximate surface area is 151 Å². The fourth-order valence-electron chi connectivity index (χ4n) is 2.15. The molecule has 0 saturated carbocycles. The van der Waals surface area contributed by atoms with Crippen molar-refractivity contribution in [1.29, 1.82) is 0 Å². The van der Waals surface area contributed by atoms with Gasteiger partial charge in [-0.05, 0) is 18.2 Å². The van der Waals surface area contributed by atoms with Gasteiger partial charge in [0.05, 0.1) is 16.1 Å². The number of nitrogens with zero attached hydrogens (tertiary/aromatic N) is 1. The number of sulfonamides is 1. The van der Waals surface area contributed by atoms with E-state index in [-0.39, 0.29) is 29.3 Å². The smallest absolute Gasteiger partial charge is 0.267 e. The van der Waals surface area contributed by atoms with Crippen LogP contribution < -0.4 is 15.8 Å². The molecule has 0 fully saturated rings. The van der Waals surface area contributed by atoms with Crippen LogP contribution in [0.15, 0.2) is 34.7 Å². The van der Waals surface area contributed by atoms with Crippen molar-refractivity contribution in [1.82, 2.24) is 9.71 Å². The third-order valence-corrected chi connectivity index (χ3v) is 5.61. The van der Waals surface area contributed by atoms with Gasteiger partial charge in [0, 0.05) is 24.2 Å². The van der Waals surface area contributed by atoms with Crippen molar-refractivity contribution in [2.45, 2.75) is 31.1 Å². The molecule has 0 aliphatic carbocycles. The molecule has 0 bridgehead atoms. The van der Waals surface area contributed by atoms with Crippen LogP contribution in [0.2, 0.25) is 0 Å². The summed E-state index contributed by atoms with van der Waals surface area (Å²) in [6, 6.07) is 6.08. The molecule has 7 nitrogen and oxygen atoms in total. The lowest BCUT2D eigenvalue weighted by atomic mass is 9.91. The molecular formula is C16H22N4O3S2. The molecule has 1 aromatic carbocycles. The van der Waals surface area contributed by atoms with E-state index in [4.69, 9.17) is 5.73 Å². The summed E-state index contributed by atoms with van der Waals surface area (Å²) in [6.45, 7) is 6.30. The number of hydrogen-bond acceptors (Lipinski definition) is 6. The van der Waals surface area contributed by atoms with Crippen LogP contribution in [-0.4, -0.2) is 32.4 Å². The molecule has 0 spiro atoms. The Morgan fingerprint density at radius 3 is 2.68 bits per heavy atom. The highest BCUT2D eigenvalue weighted by molar-refractivity contribution is 7.89. The molecule has 25 heavy (non-hydrogen) atoms. The molecule has 1 aromatic heterocycles. The van der Waals surface area contributed by atoms with Gasteiger partial charge in [-0.1, -0.05) is 26.8 Å². The second-order valence-corrected chi connectivity index (χ2v) is 9.07. The normalized spacial score (nSPS) is 12.2. The van der Waals surface area contributed by atoms with E-state index in [1.807, 2.05) is 20.8 Å². The predicted octanol–water partition coefficient (Wildman–Crippen LogP) is 1.93. The van der Waals surface area contributed by atoms with E-state index in [0.29, 0.717) is 16.3 Å². The minimum atomic E-state index is -3.66. The molecule has 0 aliphatic rings. The third kappa shape index (κ3) is 4.85. The van der Waals surface area contributed by atoms with Crippen molar-refractivity contribution in [3.63, 3.8) is 0 Å². The molecule has 4 N–H and O–H groups in total. The van der Waals surface area contributed by atoms with Crippen molar-refractivity contribution in [3.8, 4) is 0 Å². The summed E-state index contributed by atoms with van der Waals surface area (Å²) >= 11 is 1.26. The third-order valence-electron chi connectivity index (χ3n) is 3.32. The van der Waals surface area contributed by atoms with Crippen LogP contribution in [0, 0.1) is 0 Å². The van der Waals surface area contributed by atoms with Crippen LogP contribution in [0.4, 0.5) is 5.69 Å². The SMILES string of the molecule is CC(C)(C)c1ncsc1C(=O)Nc1cccc(S(=O)(=O)NCCN)c1. The van der Waals surface area contributed by atoms with E-state index in [1.54, 1.807) is 17.6 Å². The maximum Gasteiger partial charge on any atom is 0.267 e. The fraction of sp³-hybridized carbons (Fsp3) is 0.375. The van der Waals surface area contributed by atoms with Gasteiger partial charge in [0.15, 0.2) is 0 Å². The lowest BCUT2D eigenvalue weighted by Gasteiger charge is -2.17. The monoisotopic (exact) mass is 382 g/mol. The van der Waals surface area contributed by atoms with Crippen LogP contribution in [-0.2, 0) is 15.4 Å². The van der Waals surface area contributed by atoms with E-state index in [0.717, 1.165) is 0 Å². The molecule has 9 heteroatoms. The number of nitrogens with one attached hydrogen (secondary N) is 2. The minimum Gasteiger partial charge on any atom is -0.329 e. The van der Waals surface area contributed by atoms with Crippen LogP contribution in [0.1, 0.15) is 36.1 Å². The number of benzene rings is 1. The number of carbonyl (C=O) groups is 1. The number of aromatic nitrogens is 1. The molecule has 0 aliphatic heterocycles. The van der Waals surface area contributed by atoms with Crippen LogP contribution in [0.3, 0.4) is 0 Å². The van der Waals surface area contributed by atoms with E-state index in [9.17, 15) is 13.2 Å². The summed E-state index contributed by atoms with van der Waals surface area (Å²) in [5.41, 5.74) is 7.80. The number of anilines is 1. The quantitative estimate of drug-likeness (QED) is 0.706. The van der Waals surface area contributed by atoms with Gasteiger partial charge in [-0.25, -0.2) is 18.1 Å². The molecular weight excluding hydrogens is 360 g/mol. The second kappa shape index (κ2) is 7.61. The fourth-order valence-corrected chi connectivity index (χ4v) is 4.13. The van der Waals surface area contributed by atoms with Crippen LogP contribution in [0.5, 0.6) is 0 Å². The van der Waals surface area contributed by atoms with Crippen molar-refractivity contribution >= 4 is 33.0 Å². The number of rotatable bonds is 6. The molecule has 0 unspecified atom stereocenters.